The van der Waals surface area contributed by atoms with Crippen molar-refractivity contribution in [2.75, 3.05) is 13.7 Å². The zero-order valence-corrected chi connectivity index (χ0v) is 23.2. The molecule has 1 fully saturated rings. The Morgan fingerprint density at radius 1 is 1.30 bits per heavy atom. The van der Waals surface area contributed by atoms with Gasteiger partial charge in [0.1, 0.15) is 11.5 Å². The van der Waals surface area contributed by atoms with E-state index in [0.29, 0.717) is 23.8 Å². The predicted molar refractivity (Wildman–Crippen MR) is 157 cm³/mol. The summed E-state index contributed by atoms with van der Waals surface area (Å²) in [6, 6.07) is 5.43. The van der Waals surface area contributed by atoms with Gasteiger partial charge in [-0.25, -0.2) is 0 Å². The number of aliphatic hydroxyl groups is 1. The smallest absolute Gasteiger partial charge is 0.136 e. The summed E-state index contributed by atoms with van der Waals surface area (Å²) in [6.07, 6.45) is 17.4. The van der Waals surface area contributed by atoms with Crippen LogP contribution in [-0.2, 0) is 0 Å². The minimum atomic E-state index is -0.350. The van der Waals surface area contributed by atoms with Crippen LogP contribution in [0.25, 0.3) is 5.57 Å². The monoisotopic (exact) mass is 502 g/mol. The first kappa shape index (κ1) is 30.0. The van der Waals surface area contributed by atoms with E-state index in [1.54, 1.807) is 0 Å². The number of benzene rings is 1. The molecule has 2 rings (SSSR count). The first-order chi connectivity index (χ1) is 17.8. The normalized spacial score (nSPS) is 17.6. The molecule has 2 atom stereocenters. The van der Waals surface area contributed by atoms with E-state index >= 15 is 0 Å². The van der Waals surface area contributed by atoms with Gasteiger partial charge >= 0.3 is 0 Å². The van der Waals surface area contributed by atoms with E-state index in [2.05, 4.69) is 29.9 Å². The summed E-state index contributed by atoms with van der Waals surface area (Å²) in [5.41, 5.74) is 11.2. The molecule has 6 nitrogen and oxygen atoms in total. The Balaban J connectivity index is 2.64. The molecular weight excluding hydrogens is 460 g/mol. The summed E-state index contributed by atoms with van der Waals surface area (Å²) in [6.45, 7) is 10.0. The molecule has 2 unspecified atom stereocenters. The summed E-state index contributed by atoms with van der Waals surface area (Å²) in [7, 11) is 1.82. The van der Waals surface area contributed by atoms with Gasteiger partial charge in [-0.3, -0.25) is 4.99 Å². The minimum absolute atomic E-state index is 0.00268. The Labute approximate surface area is 222 Å². The fourth-order valence-electron chi connectivity index (χ4n) is 3.75. The second kappa shape index (κ2) is 15.1. The third kappa shape index (κ3) is 8.96. The molecule has 0 spiro atoms. The molecule has 1 aromatic rings. The molecular formula is C31H42N4O2. The van der Waals surface area contributed by atoms with Crippen LogP contribution in [0, 0.1) is 24.2 Å². The standard InChI is InChI=1S/C31H42N4O2/c1-8-11-12-27(31(21(4)9-2)35-34-23(6)28(32)17-18-36)26-16-13-24(10-3)20-30(26)37-22(5)19-29(33-7)25-14-15-25/h3,8,11-13,16,19-21,25,28,36H,9,14-15,17-18,32H2,1-2,4-7H3/b11-8-,22-19+,27-12-,33-29+,34-23+,35-31+. The van der Waals surface area contributed by atoms with Crippen LogP contribution >= 0.6 is 0 Å². The molecule has 37 heavy (non-hydrogen) atoms. The average molecular weight is 503 g/mol. The Morgan fingerprint density at radius 2 is 2.03 bits per heavy atom. The highest BCUT2D eigenvalue weighted by Gasteiger charge is 2.26. The minimum Gasteiger partial charge on any atom is -0.461 e. The molecule has 6 heteroatoms. The number of ether oxygens (including phenoxy) is 1. The lowest BCUT2D eigenvalue weighted by atomic mass is 9.90. The van der Waals surface area contributed by atoms with E-state index in [9.17, 15) is 5.11 Å². The summed E-state index contributed by atoms with van der Waals surface area (Å²) in [5, 5.41) is 18.4. The summed E-state index contributed by atoms with van der Waals surface area (Å²) in [5.74, 6) is 4.76. The van der Waals surface area contributed by atoms with Crippen molar-refractivity contribution < 1.29 is 9.84 Å². The molecule has 198 valence electrons. The topological polar surface area (TPSA) is 92.6 Å². The van der Waals surface area contributed by atoms with Crippen LogP contribution in [0.5, 0.6) is 5.75 Å². The van der Waals surface area contributed by atoms with Crippen LogP contribution in [0.4, 0.5) is 0 Å². The number of terminal acetylenes is 1. The van der Waals surface area contributed by atoms with Gasteiger partial charge < -0.3 is 15.6 Å². The van der Waals surface area contributed by atoms with Gasteiger partial charge in [0.25, 0.3) is 0 Å². The van der Waals surface area contributed by atoms with Crippen LogP contribution < -0.4 is 10.5 Å². The van der Waals surface area contributed by atoms with Gasteiger partial charge in [0.2, 0.25) is 0 Å². The van der Waals surface area contributed by atoms with Crippen molar-refractivity contribution in [3.63, 3.8) is 0 Å². The number of hydrogen-bond donors (Lipinski definition) is 2. The lowest BCUT2D eigenvalue weighted by molar-refractivity contribution is 0.285. The van der Waals surface area contributed by atoms with E-state index < -0.39 is 0 Å². The number of hydrogen-bond acceptors (Lipinski definition) is 6. The largest absolute Gasteiger partial charge is 0.461 e. The van der Waals surface area contributed by atoms with Crippen molar-refractivity contribution in [2.45, 2.75) is 66.3 Å². The van der Waals surface area contributed by atoms with Gasteiger partial charge in [0.15, 0.2) is 0 Å². The van der Waals surface area contributed by atoms with Crippen molar-refractivity contribution in [3.05, 3.63) is 59.4 Å². The van der Waals surface area contributed by atoms with Gasteiger partial charge in [-0.1, -0.05) is 38.0 Å². The molecule has 0 aromatic heterocycles. The number of aliphatic imine (C=N–C) groups is 1. The maximum Gasteiger partial charge on any atom is 0.136 e. The van der Waals surface area contributed by atoms with Crippen molar-refractivity contribution >= 4 is 22.7 Å². The van der Waals surface area contributed by atoms with Crippen LogP contribution in [0.3, 0.4) is 0 Å². The molecule has 0 saturated heterocycles. The molecule has 1 aliphatic carbocycles. The quantitative estimate of drug-likeness (QED) is 0.115. The van der Waals surface area contributed by atoms with E-state index in [1.807, 2.05) is 70.3 Å². The summed E-state index contributed by atoms with van der Waals surface area (Å²) in [4.78, 5) is 4.44. The zero-order chi connectivity index (χ0) is 27.4. The number of allylic oxidation sites excluding steroid dienone is 6. The summed E-state index contributed by atoms with van der Waals surface area (Å²) < 4.78 is 6.40. The fraction of sp³-hybridized carbons (Fsp3) is 0.452. The van der Waals surface area contributed by atoms with Gasteiger partial charge in [-0.05, 0) is 70.7 Å². The molecule has 1 aliphatic rings. The van der Waals surface area contributed by atoms with Crippen molar-refractivity contribution in [2.24, 2.45) is 32.8 Å². The van der Waals surface area contributed by atoms with Gasteiger partial charge in [0, 0.05) is 53.9 Å². The second-order valence-corrected chi connectivity index (χ2v) is 9.40. The van der Waals surface area contributed by atoms with E-state index in [4.69, 9.17) is 22.0 Å². The van der Waals surface area contributed by atoms with Crippen LogP contribution in [0.15, 0.2) is 63.5 Å². The van der Waals surface area contributed by atoms with Crippen LogP contribution in [0.1, 0.15) is 71.4 Å². The zero-order valence-electron chi connectivity index (χ0n) is 23.2. The van der Waals surface area contributed by atoms with Gasteiger partial charge in [0.05, 0.1) is 11.4 Å². The average Bonchev–Trinajstić information content (AvgIpc) is 3.74. The molecule has 0 bridgehead atoms. The number of aliphatic hydroxyl groups excluding tert-OH is 1. The number of rotatable bonds is 13. The number of nitrogens with zero attached hydrogens (tertiary/aromatic N) is 3. The summed E-state index contributed by atoms with van der Waals surface area (Å²) >= 11 is 0. The molecule has 0 aliphatic heterocycles. The van der Waals surface area contributed by atoms with Crippen LogP contribution in [0.2, 0.25) is 0 Å². The Kier molecular flexibility index (Phi) is 12.2. The highest BCUT2D eigenvalue weighted by atomic mass is 16.5. The maximum atomic E-state index is 9.25. The lowest BCUT2D eigenvalue weighted by Crippen LogP contribution is -2.29. The molecule has 1 saturated carbocycles. The fourth-order valence-corrected chi connectivity index (χ4v) is 3.75. The highest BCUT2D eigenvalue weighted by Crippen LogP contribution is 2.34. The van der Waals surface area contributed by atoms with E-state index in [-0.39, 0.29) is 18.6 Å². The Morgan fingerprint density at radius 3 is 2.59 bits per heavy atom. The highest BCUT2D eigenvalue weighted by molar-refractivity contribution is 6.25. The Bertz CT molecular complexity index is 1140. The van der Waals surface area contributed by atoms with Crippen molar-refractivity contribution in [1.29, 1.82) is 0 Å². The lowest BCUT2D eigenvalue weighted by Gasteiger charge is -2.19. The SMILES string of the molecule is C#Cc1ccc(C(=C/C=C\C)/C(=N/N=C(\C)C(N)CCO)C(C)CC)c(O/C(C)=C/C(=N\C)C2CC2)c1. The Hall–Kier alpha value is -3.27. The molecule has 0 radical (unpaired) electrons. The van der Waals surface area contributed by atoms with Crippen LogP contribution in [-0.4, -0.2) is 41.9 Å². The maximum absolute atomic E-state index is 9.25. The molecule has 0 heterocycles. The second-order valence-electron chi connectivity index (χ2n) is 9.40. The first-order valence-electron chi connectivity index (χ1n) is 13.0. The van der Waals surface area contributed by atoms with Gasteiger partial charge in [-0.15, -0.1) is 6.42 Å². The predicted octanol–water partition coefficient (Wildman–Crippen LogP) is 5.96. The number of nitrogens with two attached hydrogens (primary N) is 1. The third-order valence-corrected chi connectivity index (χ3v) is 6.42. The van der Waals surface area contributed by atoms with E-state index in [0.717, 1.165) is 40.3 Å². The molecule has 3 N–H and O–H groups in total. The van der Waals surface area contributed by atoms with Crippen molar-refractivity contribution in [1.82, 2.24) is 0 Å². The third-order valence-electron chi connectivity index (χ3n) is 6.42. The molecule has 0 amide bonds. The molecule has 1 aromatic carbocycles. The van der Waals surface area contributed by atoms with Crippen molar-refractivity contribution in [3.8, 4) is 18.1 Å². The first-order valence-corrected chi connectivity index (χ1v) is 13.0. The van der Waals surface area contributed by atoms with Gasteiger partial charge in [-0.2, -0.15) is 10.2 Å². The van der Waals surface area contributed by atoms with E-state index in [1.165, 1.54) is 12.8 Å².